The van der Waals surface area contributed by atoms with Crippen molar-refractivity contribution < 1.29 is 13.9 Å². The van der Waals surface area contributed by atoms with E-state index in [1.807, 2.05) is 19.1 Å². The van der Waals surface area contributed by atoms with Gasteiger partial charge >= 0.3 is 0 Å². The Hall–Kier alpha value is -2.27. The summed E-state index contributed by atoms with van der Waals surface area (Å²) in [5, 5.41) is 0. The third kappa shape index (κ3) is 4.86. The first kappa shape index (κ1) is 17.1. The standard InChI is InChI=1S/C18H21FN2O2/c1-14-4-5-17(19)16(12-14)18(22)21(10-3-11-23-2)13-15-6-8-20-9-7-15/h4-9,12H,3,10-11,13H2,1-2H3. The number of nitrogens with zero attached hydrogens (tertiary/aromatic N) is 2. The van der Waals surface area contributed by atoms with E-state index in [-0.39, 0.29) is 11.5 Å². The summed E-state index contributed by atoms with van der Waals surface area (Å²) in [6.45, 7) is 3.31. The second-order valence-electron chi connectivity index (χ2n) is 5.41. The third-order valence-electron chi connectivity index (χ3n) is 3.54. The quantitative estimate of drug-likeness (QED) is 0.737. The minimum Gasteiger partial charge on any atom is -0.385 e. The van der Waals surface area contributed by atoms with E-state index in [9.17, 15) is 9.18 Å². The predicted octanol–water partition coefficient (Wildman–Crippen LogP) is 3.21. The zero-order valence-corrected chi connectivity index (χ0v) is 13.5. The van der Waals surface area contributed by atoms with Crippen molar-refractivity contribution in [2.45, 2.75) is 19.9 Å². The van der Waals surface area contributed by atoms with Gasteiger partial charge in [-0.1, -0.05) is 11.6 Å². The highest BCUT2D eigenvalue weighted by molar-refractivity contribution is 5.94. The highest BCUT2D eigenvalue weighted by atomic mass is 19.1. The number of halogens is 1. The lowest BCUT2D eigenvalue weighted by Crippen LogP contribution is -2.32. The molecule has 0 atom stereocenters. The van der Waals surface area contributed by atoms with Crippen molar-refractivity contribution in [3.05, 3.63) is 65.2 Å². The molecule has 1 amide bonds. The van der Waals surface area contributed by atoms with Gasteiger partial charge in [-0.15, -0.1) is 0 Å². The highest BCUT2D eigenvalue weighted by Crippen LogP contribution is 2.15. The summed E-state index contributed by atoms with van der Waals surface area (Å²) in [4.78, 5) is 18.4. The van der Waals surface area contributed by atoms with E-state index in [2.05, 4.69) is 4.98 Å². The minimum atomic E-state index is -0.493. The Labute approximate surface area is 135 Å². The fourth-order valence-corrected chi connectivity index (χ4v) is 2.33. The molecule has 1 heterocycles. The highest BCUT2D eigenvalue weighted by Gasteiger charge is 2.19. The van der Waals surface area contributed by atoms with Crippen LogP contribution in [0.15, 0.2) is 42.7 Å². The van der Waals surface area contributed by atoms with Gasteiger partial charge in [0.05, 0.1) is 5.56 Å². The molecule has 1 aromatic carbocycles. The molecule has 0 aliphatic rings. The van der Waals surface area contributed by atoms with Crippen molar-refractivity contribution >= 4 is 5.91 Å². The van der Waals surface area contributed by atoms with Crippen LogP contribution in [0, 0.1) is 12.7 Å². The lowest BCUT2D eigenvalue weighted by atomic mass is 10.1. The van der Waals surface area contributed by atoms with Crippen molar-refractivity contribution in [3.63, 3.8) is 0 Å². The number of methoxy groups -OCH3 is 1. The number of carbonyl (C=O) groups is 1. The molecule has 2 aromatic rings. The number of carbonyl (C=O) groups excluding carboxylic acids is 1. The fraction of sp³-hybridized carbons (Fsp3) is 0.333. The first-order chi connectivity index (χ1) is 11.1. The van der Waals surface area contributed by atoms with E-state index in [1.165, 1.54) is 6.07 Å². The number of hydrogen-bond donors (Lipinski definition) is 0. The topological polar surface area (TPSA) is 42.4 Å². The molecule has 1 aromatic heterocycles. The maximum atomic E-state index is 14.0. The second-order valence-corrected chi connectivity index (χ2v) is 5.41. The van der Waals surface area contributed by atoms with Gasteiger partial charge in [-0.25, -0.2) is 4.39 Å². The molecule has 0 unspecified atom stereocenters. The summed E-state index contributed by atoms with van der Waals surface area (Å²) in [5.74, 6) is -0.800. The molecule has 0 fully saturated rings. The molecule has 0 saturated heterocycles. The lowest BCUT2D eigenvalue weighted by molar-refractivity contribution is 0.0719. The van der Waals surface area contributed by atoms with Gasteiger partial charge in [0.1, 0.15) is 5.82 Å². The predicted molar refractivity (Wildman–Crippen MR) is 86.6 cm³/mol. The Morgan fingerprint density at radius 3 is 2.70 bits per heavy atom. The Morgan fingerprint density at radius 1 is 1.26 bits per heavy atom. The number of hydrogen-bond acceptors (Lipinski definition) is 3. The summed E-state index contributed by atoms with van der Waals surface area (Å²) in [7, 11) is 1.62. The van der Waals surface area contributed by atoms with Gasteiger partial charge in [0.15, 0.2) is 0 Å². The van der Waals surface area contributed by atoms with Crippen LogP contribution in [-0.4, -0.2) is 36.1 Å². The molecule has 2 rings (SSSR count). The first-order valence-electron chi connectivity index (χ1n) is 7.55. The van der Waals surface area contributed by atoms with Gasteiger partial charge < -0.3 is 9.64 Å². The summed E-state index contributed by atoms with van der Waals surface area (Å²) < 4.78 is 19.1. The van der Waals surface area contributed by atoms with Crippen molar-refractivity contribution in [1.82, 2.24) is 9.88 Å². The lowest BCUT2D eigenvalue weighted by Gasteiger charge is -2.23. The van der Waals surface area contributed by atoms with Gasteiger partial charge in [-0.2, -0.15) is 0 Å². The SMILES string of the molecule is COCCCN(Cc1ccncc1)C(=O)c1cc(C)ccc1F. The van der Waals surface area contributed by atoms with Crippen LogP contribution in [0.25, 0.3) is 0 Å². The summed E-state index contributed by atoms with van der Waals surface area (Å²) in [6.07, 6.45) is 4.06. The van der Waals surface area contributed by atoms with Crippen LogP contribution in [0.4, 0.5) is 4.39 Å². The van der Waals surface area contributed by atoms with E-state index in [4.69, 9.17) is 4.74 Å². The summed E-state index contributed by atoms with van der Waals surface area (Å²) in [6, 6.07) is 8.28. The number of rotatable bonds is 7. The molecule has 0 spiro atoms. The molecule has 0 saturated carbocycles. The Balaban J connectivity index is 2.21. The number of aromatic nitrogens is 1. The number of pyridine rings is 1. The normalized spacial score (nSPS) is 10.6. The molecule has 0 bridgehead atoms. The van der Waals surface area contributed by atoms with Crippen LogP contribution in [0.2, 0.25) is 0 Å². The fourth-order valence-electron chi connectivity index (χ4n) is 2.33. The molecule has 4 nitrogen and oxygen atoms in total. The molecule has 122 valence electrons. The Kier molecular flexibility index (Phi) is 6.23. The van der Waals surface area contributed by atoms with E-state index in [1.54, 1.807) is 36.5 Å². The van der Waals surface area contributed by atoms with Crippen LogP contribution in [0.5, 0.6) is 0 Å². The molecular weight excluding hydrogens is 295 g/mol. The summed E-state index contributed by atoms with van der Waals surface area (Å²) >= 11 is 0. The Bertz CT molecular complexity index is 647. The van der Waals surface area contributed by atoms with Crippen LogP contribution < -0.4 is 0 Å². The van der Waals surface area contributed by atoms with Gasteiger partial charge in [0, 0.05) is 39.2 Å². The minimum absolute atomic E-state index is 0.108. The number of aryl methyl sites for hydroxylation is 1. The molecule has 23 heavy (non-hydrogen) atoms. The van der Waals surface area contributed by atoms with E-state index in [0.717, 1.165) is 11.1 Å². The van der Waals surface area contributed by atoms with E-state index >= 15 is 0 Å². The summed E-state index contributed by atoms with van der Waals surface area (Å²) in [5.41, 5.74) is 1.92. The van der Waals surface area contributed by atoms with Crippen LogP contribution in [-0.2, 0) is 11.3 Å². The number of amides is 1. The average molecular weight is 316 g/mol. The van der Waals surface area contributed by atoms with Gasteiger partial charge in [0.2, 0.25) is 0 Å². The number of benzene rings is 1. The van der Waals surface area contributed by atoms with Gasteiger partial charge in [0.25, 0.3) is 5.91 Å². The number of ether oxygens (including phenoxy) is 1. The van der Waals surface area contributed by atoms with Crippen molar-refractivity contribution in [1.29, 1.82) is 0 Å². The van der Waals surface area contributed by atoms with Crippen molar-refractivity contribution in [2.75, 3.05) is 20.3 Å². The third-order valence-corrected chi connectivity index (χ3v) is 3.54. The second kappa shape index (κ2) is 8.39. The zero-order valence-electron chi connectivity index (χ0n) is 13.5. The van der Waals surface area contributed by atoms with E-state index < -0.39 is 5.82 Å². The molecular formula is C18H21FN2O2. The molecule has 5 heteroatoms. The molecule has 0 N–H and O–H groups in total. The Morgan fingerprint density at radius 2 is 2.00 bits per heavy atom. The van der Waals surface area contributed by atoms with Gasteiger partial charge in [-0.3, -0.25) is 9.78 Å². The molecule has 0 aliphatic carbocycles. The van der Waals surface area contributed by atoms with Gasteiger partial charge in [-0.05, 0) is 43.2 Å². The van der Waals surface area contributed by atoms with Crippen LogP contribution in [0.3, 0.4) is 0 Å². The molecule has 0 aliphatic heterocycles. The van der Waals surface area contributed by atoms with E-state index in [0.29, 0.717) is 26.1 Å². The maximum Gasteiger partial charge on any atom is 0.257 e. The van der Waals surface area contributed by atoms with Crippen molar-refractivity contribution in [3.8, 4) is 0 Å². The first-order valence-corrected chi connectivity index (χ1v) is 7.55. The average Bonchev–Trinajstić information content (AvgIpc) is 2.56. The largest absolute Gasteiger partial charge is 0.385 e. The smallest absolute Gasteiger partial charge is 0.257 e. The monoisotopic (exact) mass is 316 g/mol. The zero-order chi connectivity index (χ0) is 16.7. The molecule has 0 radical (unpaired) electrons. The van der Waals surface area contributed by atoms with Crippen LogP contribution >= 0.6 is 0 Å². The maximum absolute atomic E-state index is 14.0. The van der Waals surface area contributed by atoms with Crippen LogP contribution in [0.1, 0.15) is 27.9 Å². The van der Waals surface area contributed by atoms with Crippen molar-refractivity contribution in [2.24, 2.45) is 0 Å².